The lowest BCUT2D eigenvalue weighted by Gasteiger charge is -2.19. The van der Waals surface area contributed by atoms with Gasteiger partial charge in [0.1, 0.15) is 23.7 Å². The van der Waals surface area contributed by atoms with Crippen LogP contribution in [-0.4, -0.2) is 22.1 Å². The third-order valence-electron chi connectivity index (χ3n) is 5.93. The second kappa shape index (κ2) is 7.89. The summed E-state index contributed by atoms with van der Waals surface area (Å²) >= 11 is 0. The van der Waals surface area contributed by atoms with E-state index in [1.54, 1.807) is 30.1 Å². The Morgan fingerprint density at radius 1 is 1.03 bits per heavy atom. The number of carbonyl (C=O) groups is 1. The molecule has 1 N–H and O–H groups in total. The molecule has 3 aromatic carbocycles. The summed E-state index contributed by atoms with van der Waals surface area (Å²) in [5, 5.41) is 11.4. The highest BCUT2D eigenvalue weighted by Gasteiger charge is 2.30. The molecule has 0 bridgehead atoms. The molecule has 1 aromatic heterocycles. The minimum atomic E-state index is -0.526. The number of aromatic nitrogens is 1. The lowest BCUT2D eigenvalue weighted by molar-refractivity contribution is 0.0985. The van der Waals surface area contributed by atoms with Crippen molar-refractivity contribution in [1.82, 2.24) is 4.57 Å². The third-order valence-corrected chi connectivity index (χ3v) is 5.93. The van der Waals surface area contributed by atoms with Crippen LogP contribution in [-0.2, 0) is 20.1 Å². The Labute approximate surface area is 184 Å². The van der Waals surface area contributed by atoms with E-state index >= 15 is 0 Å². The Bertz CT molecular complexity index is 1390. The minimum Gasteiger partial charge on any atom is -0.506 e. The van der Waals surface area contributed by atoms with Crippen LogP contribution in [0.5, 0.6) is 11.5 Å². The first kappa shape index (κ1) is 19.9. The van der Waals surface area contributed by atoms with E-state index in [2.05, 4.69) is 0 Å². The Balaban J connectivity index is 1.54. The molecule has 0 aliphatic carbocycles. The molecule has 0 atom stereocenters. The largest absolute Gasteiger partial charge is 0.506 e. The van der Waals surface area contributed by atoms with E-state index in [1.807, 2.05) is 54.6 Å². The number of nitrogens with zero attached hydrogens (tertiary/aromatic N) is 2. The van der Waals surface area contributed by atoms with Gasteiger partial charge in [-0.2, -0.15) is 0 Å². The fourth-order valence-corrected chi connectivity index (χ4v) is 4.22. The average Bonchev–Trinajstić information content (AvgIpc) is 3.26. The van der Waals surface area contributed by atoms with Crippen molar-refractivity contribution >= 4 is 22.5 Å². The lowest BCUT2D eigenvalue weighted by atomic mass is 10.1. The van der Waals surface area contributed by atoms with E-state index in [4.69, 9.17) is 4.74 Å². The molecule has 1 aliphatic heterocycles. The molecule has 0 saturated heterocycles. The van der Waals surface area contributed by atoms with E-state index in [0.29, 0.717) is 36.2 Å². The number of benzene rings is 3. The number of ether oxygens (including phenoxy) is 1. The van der Waals surface area contributed by atoms with Crippen molar-refractivity contribution in [3.63, 3.8) is 0 Å². The molecule has 5 rings (SSSR count). The van der Waals surface area contributed by atoms with E-state index < -0.39 is 11.5 Å². The van der Waals surface area contributed by atoms with Gasteiger partial charge >= 0.3 is 0 Å². The van der Waals surface area contributed by atoms with Crippen LogP contribution < -0.4 is 15.2 Å². The van der Waals surface area contributed by atoms with Crippen LogP contribution in [0.25, 0.3) is 10.9 Å². The molecule has 4 aromatic rings. The SMILES string of the molecule is Cn1c(=O)c(C(=O)N2CCc3ccccc32)c(O)c2cc(OCc3ccccc3)ccc21. The van der Waals surface area contributed by atoms with Crippen LogP contribution in [0.1, 0.15) is 21.5 Å². The molecule has 2 heterocycles. The average molecular weight is 426 g/mol. The van der Waals surface area contributed by atoms with Gasteiger partial charge in [-0.3, -0.25) is 9.59 Å². The lowest BCUT2D eigenvalue weighted by Crippen LogP contribution is -2.35. The van der Waals surface area contributed by atoms with Crippen LogP contribution in [0.3, 0.4) is 0 Å². The predicted molar refractivity (Wildman–Crippen MR) is 123 cm³/mol. The number of hydrogen-bond donors (Lipinski definition) is 1. The predicted octanol–water partition coefficient (Wildman–Crippen LogP) is 4.03. The topological polar surface area (TPSA) is 71.8 Å². The molecule has 0 saturated carbocycles. The number of aromatic hydroxyl groups is 1. The molecule has 6 nitrogen and oxygen atoms in total. The molecule has 0 unspecified atom stereocenters. The number of para-hydroxylation sites is 1. The quantitative estimate of drug-likeness (QED) is 0.535. The van der Waals surface area contributed by atoms with Gasteiger partial charge in [0.25, 0.3) is 11.5 Å². The first-order chi connectivity index (χ1) is 15.5. The molecule has 1 amide bonds. The number of fused-ring (bicyclic) bond motifs is 2. The smallest absolute Gasteiger partial charge is 0.267 e. The Morgan fingerprint density at radius 2 is 1.78 bits per heavy atom. The van der Waals surface area contributed by atoms with Gasteiger partial charge in [-0.25, -0.2) is 0 Å². The van der Waals surface area contributed by atoms with Gasteiger partial charge in [0.2, 0.25) is 0 Å². The van der Waals surface area contributed by atoms with Crippen LogP contribution in [0.4, 0.5) is 5.69 Å². The minimum absolute atomic E-state index is 0.225. The monoisotopic (exact) mass is 426 g/mol. The number of pyridine rings is 1. The van der Waals surface area contributed by atoms with Crippen LogP contribution in [0.15, 0.2) is 77.6 Å². The summed E-state index contributed by atoms with van der Waals surface area (Å²) < 4.78 is 7.27. The zero-order valence-corrected chi connectivity index (χ0v) is 17.6. The van der Waals surface area contributed by atoms with E-state index in [0.717, 1.165) is 16.8 Å². The Hall–Kier alpha value is -4.06. The molecule has 0 spiro atoms. The molecular weight excluding hydrogens is 404 g/mol. The molecule has 160 valence electrons. The summed E-state index contributed by atoms with van der Waals surface area (Å²) in [6.07, 6.45) is 0.716. The maximum Gasteiger partial charge on any atom is 0.267 e. The molecular formula is C26H22N2O4. The van der Waals surface area contributed by atoms with Gasteiger partial charge in [-0.15, -0.1) is 0 Å². The van der Waals surface area contributed by atoms with Gasteiger partial charge in [0, 0.05) is 24.7 Å². The van der Waals surface area contributed by atoms with Crippen molar-refractivity contribution in [2.24, 2.45) is 7.05 Å². The first-order valence-corrected chi connectivity index (χ1v) is 10.5. The standard InChI is InChI=1S/C26H22N2O4/c1-27-22-12-11-19(32-16-17-7-3-2-4-8-17)15-20(22)24(29)23(25(27)30)26(31)28-14-13-18-9-5-6-10-21(18)28/h2-12,15,29H,13-14,16H2,1H3. The van der Waals surface area contributed by atoms with Crippen molar-refractivity contribution in [3.05, 3.63) is 99.8 Å². The normalized spacial score (nSPS) is 12.7. The second-order valence-corrected chi connectivity index (χ2v) is 7.88. The second-order valence-electron chi connectivity index (χ2n) is 7.88. The van der Waals surface area contributed by atoms with E-state index in [1.165, 1.54) is 4.57 Å². The van der Waals surface area contributed by atoms with E-state index in [-0.39, 0.29) is 11.3 Å². The van der Waals surface area contributed by atoms with Crippen molar-refractivity contribution < 1.29 is 14.6 Å². The van der Waals surface area contributed by atoms with Gasteiger partial charge in [-0.1, -0.05) is 48.5 Å². The maximum absolute atomic E-state index is 13.4. The van der Waals surface area contributed by atoms with Crippen LogP contribution in [0, 0.1) is 0 Å². The summed E-state index contributed by atoms with van der Waals surface area (Å²) in [6, 6.07) is 22.5. The van der Waals surface area contributed by atoms with E-state index in [9.17, 15) is 14.7 Å². The van der Waals surface area contributed by atoms with Gasteiger partial charge in [0.05, 0.1) is 5.52 Å². The zero-order chi connectivity index (χ0) is 22.2. The van der Waals surface area contributed by atoms with Crippen molar-refractivity contribution in [3.8, 4) is 11.5 Å². The maximum atomic E-state index is 13.4. The number of hydrogen-bond acceptors (Lipinski definition) is 4. The number of carbonyl (C=O) groups excluding carboxylic acids is 1. The molecule has 0 radical (unpaired) electrons. The number of aryl methyl sites for hydroxylation is 1. The molecule has 6 heteroatoms. The van der Waals surface area contributed by atoms with Crippen molar-refractivity contribution in [2.75, 3.05) is 11.4 Å². The summed E-state index contributed by atoms with van der Waals surface area (Å²) in [5.41, 5.74) is 2.62. The summed E-state index contributed by atoms with van der Waals surface area (Å²) in [5.74, 6) is -0.270. The zero-order valence-electron chi connectivity index (χ0n) is 17.6. The number of rotatable bonds is 4. The van der Waals surface area contributed by atoms with Crippen molar-refractivity contribution in [2.45, 2.75) is 13.0 Å². The molecule has 1 aliphatic rings. The Morgan fingerprint density at radius 3 is 2.59 bits per heavy atom. The highest BCUT2D eigenvalue weighted by Crippen LogP contribution is 2.33. The van der Waals surface area contributed by atoms with Crippen LogP contribution >= 0.6 is 0 Å². The number of amides is 1. The van der Waals surface area contributed by atoms with Crippen molar-refractivity contribution in [1.29, 1.82) is 0 Å². The molecule has 0 fully saturated rings. The third kappa shape index (κ3) is 3.30. The molecule has 32 heavy (non-hydrogen) atoms. The highest BCUT2D eigenvalue weighted by atomic mass is 16.5. The summed E-state index contributed by atoms with van der Waals surface area (Å²) in [7, 11) is 1.60. The number of anilines is 1. The van der Waals surface area contributed by atoms with Gasteiger partial charge in [-0.05, 0) is 41.8 Å². The fraction of sp³-hybridized carbons (Fsp3) is 0.154. The summed E-state index contributed by atoms with van der Waals surface area (Å²) in [6.45, 7) is 0.842. The fourth-order valence-electron chi connectivity index (χ4n) is 4.22. The highest BCUT2D eigenvalue weighted by molar-refractivity contribution is 6.11. The first-order valence-electron chi connectivity index (χ1n) is 10.5. The Kier molecular flexibility index (Phi) is 4.90. The van der Waals surface area contributed by atoms with Gasteiger partial charge in [0.15, 0.2) is 0 Å². The summed E-state index contributed by atoms with van der Waals surface area (Å²) in [4.78, 5) is 28.0. The van der Waals surface area contributed by atoms with Gasteiger partial charge < -0.3 is 19.3 Å². The van der Waals surface area contributed by atoms with Crippen LogP contribution in [0.2, 0.25) is 0 Å².